The van der Waals surface area contributed by atoms with Crippen molar-refractivity contribution in [3.63, 3.8) is 0 Å². The lowest BCUT2D eigenvalue weighted by Crippen LogP contribution is -2.46. The molecule has 1 aromatic rings. The molecule has 0 fully saturated rings. The fourth-order valence-electron chi connectivity index (χ4n) is 1.90. The zero-order chi connectivity index (χ0) is 14.7. The zero-order valence-corrected chi connectivity index (χ0v) is 13.8. The summed E-state index contributed by atoms with van der Waals surface area (Å²) in [5.41, 5.74) is 5.12. The van der Waals surface area contributed by atoms with Crippen LogP contribution in [0.1, 0.15) is 44.9 Å². The minimum atomic E-state index is -3.51. The van der Waals surface area contributed by atoms with E-state index in [0.29, 0.717) is 4.88 Å². The first-order chi connectivity index (χ1) is 8.80. The van der Waals surface area contributed by atoms with Crippen LogP contribution in [0.15, 0.2) is 16.3 Å². The lowest BCUT2D eigenvalue weighted by atomic mass is 9.91. The normalized spacial score (nSPS) is 12.6. The smallest absolute Gasteiger partial charge is 0.250 e. The van der Waals surface area contributed by atoms with Crippen LogP contribution in [0.4, 0.5) is 0 Å². The molecule has 3 N–H and O–H groups in total. The molecular weight excluding hydrogens is 300 g/mol. The summed E-state index contributed by atoms with van der Waals surface area (Å²) < 4.78 is 27.8. The third-order valence-electron chi connectivity index (χ3n) is 3.47. The number of rotatable bonds is 7. The average Bonchev–Trinajstić information content (AvgIpc) is 2.86. The van der Waals surface area contributed by atoms with Crippen LogP contribution in [0.2, 0.25) is 0 Å². The zero-order valence-electron chi connectivity index (χ0n) is 11.4. The van der Waals surface area contributed by atoms with Gasteiger partial charge in [0.1, 0.15) is 9.20 Å². The molecule has 1 aromatic heterocycles. The van der Waals surface area contributed by atoms with Crippen molar-refractivity contribution >= 4 is 38.6 Å². The number of hydrogen-bond donors (Lipinski definition) is 2. The van der Waals surface area contributed by atoms with Gasteiger partial charge in [0.05, 0.1) is 4.88 Å². The fourth-order valence-corrected chi connectivity index (χ4v) is 4.87. The van der Waals surface area contributed by atoms with E-state index in [1.165, 1.54) is 0 Å². The average molecular weight is 321 g/mol. The lowest BCUT2D eigenvalue weighted by Gasteiger charge is -2.30. The Bertz CT molecular complexity index is 537. The number of thiophene rings is 1. The Labute approximate surface area is 124 Å². The molecule has 0 spiro atoms. The fraction of sp³-hybridized carbons (Fsp3) is 0.583. The van der Waals surface area contributed by atoms with Crippen LogP contribution in [0.3, 0.4) is 0 Å². The predicted molar refractivity (Wildman–Crippen MR) is 84.1 cm³/mol. The molecule has 1 rings (SSSR count). The Kier molecular flexibility index (Phi) is 5.49. The van der Waals surface area contributed by atoms with Crippen molar-refractivity contribution < 1.29 is 8.42 Å². The summed E-state index contributed by atoms with van der Waals surface area (Å²) in [7, 11) is -3.51. The summed E-state index contributed by atoms with van der Waals surface area (Å²) in [4.78, 5) is 0.838. The largest absolute Gasteiger partial charge is 0.389 e. The van der Waals surface area contributed by atoms with E-state index in [1.54, 1.807) is 12.1 Å². The van der Waals surface area contributed by atoms with Crippen molar-refractivity contribution in [1.29, 1.82) is 0 Å². The second kappa shape index (κ2) is 6.30. The Morgan fingerprint density at radius 1 is 1.32 bits per heavy atom. The van der Waals surface area contributed by atoms with Crippen LogP contribution in [0.25, 0.3) is 0 Å². The molecule has 0 saturated heterocycles. The monoisotopic (exact) mass is 320 g/mol. The molecule has 0 atom stereocenters. The first kappa shape index (κ1) is 16.6. The summed E-state index contributed by atoms with van der Waals surface area (Å²) in [5, 5.41) is 0. The maximum absolute atomic E-state index is 12.4. The van der Waals surface area contributed by atoms with Gasteiger partial charge in [-0.25, -0.2) is 13.1 Å². The van der Waals surface area contributed by atoms with E-state index in [-0.39, 0.29) is 14.7 Å². The third kappa shape index (κ3) is 3.75. The van der Waals surface area contributed by atoms with Gasteiger partial charge >= 0.3 is 0 Å². The Morgan fingerprint density at radius 3 is 2.21 bits per heavy atom. The molecule has 0 aliphatic carbocycles. The van der Waals surface area contributed by atoms with Gasteiger partial charge in [0.2, 0.25) is 0 Å². The highest BCUT2D eigenvalue weighted by Crippen LogP contribution is 2.26. The molecule has 0 saturated carbocycles. The number of hydrogen-bond acceptors (Lipinski definition) is 4. The molecule has 7 heteroatoms. The highest BCUT2D eigenvalue weighted by molar-refractivity contribution is 7.91. The van der Waals surface area contributed by atoms with Gasteiger partial charge in [-0.1, -0.05) is 33.0 Å². The SMILES string of the molecule is CCC(CC)(CC)NS(=O)(=O)c1ccc(C(N)=S)s1. The topological polar surface area (TPSA) is 72.2 Å². The van der Waals surface area contributed by atoms with Gasteiger partial charge in [-0.3, -0.25) is 0 Å². The van der Waals surface area contributed by atoms with Crippen molar-refractivity contribution in [2.45, 2.75) is 49.8 Å². The van der Waals surface area contributed by atoms with Gasteiger partial charge in [-0.2, -0.15) is 0 Å². The Morgan fingerprint density at radius 2 is 1.84 bits per heavy atom. The molecule has 19 heavy (non-hydrogen) atoms. The number of sulfonamides is 1. The minimum Gasteiger partial charge on any atom is -0.389 e. The van der Waals surface area contributed by atoms with Gasteiger partial charge < -0.3 is 5.73 Å². The first-order valence-electron chi connectivity index (χ1n) is 6.24. The molecule has 0 bridgehead atoms. The van der Waals surface area contributed by atoms with Crippen LogP contribution in [0, 0.1) is 0 Å². The van der Waals surface area contributed by atoms with Crippen molar-refractivity contribution in [2.75, 3.05) is 0 Å². The number of nitrogens with two attached hydrogens (primary N) is 1. The second-order valence-electron chi connectivity index (χ2n) is 4.43. The second-order valence-corrected chi connectivity index (χ2v) is 7.86. The molecule has 0 amide bonds. The van der Waals surface area contributed by atoms with E-state index in [2.05, 4.69) is 4.72 Å². The standard InChI is InChI=1S/C12H20N2O2S3/c1-4-12(5-2,6-3)14-19(15,16)10-8-7-9(18-10)11(13)17/h7-8,14H,4-6H2,1-3H3,(H2,13,17). The Balaban J connectivity index is 3.06. The first-order valence-corrected chi connectivity index (χ1v) is 8.94. The van der Waals surface area contributed by atoms with Gasteiger partial charge in [0, 0.05) is 5.54 Å². The quantitative estimate of drug-likeness (QED) is 0.758. The number of thiocarbonyl (C=S) groups is 1. The van der Waals surface area contributed by atoms with Crippen molar-refractivity contribution in [3.05, 3.63) is 17.0 Å². The highest BCUT2D eigenvalue weighted by Gasteiger charge is 2.31. The van der Waals surface area contributed by atoms with Crippen LogP contribution in [-0.2, 0) is 10.0 Å². The predicted octanol–water partition coefficient (Wildman–Crippen LogP) is 2.63. The van der Waals surface area contributed by atoms with Crippen LogP contribution < -0.4 is 10.5 Å². The summed E-state index contributed by atoms with van der Waals surface area (Å²) in [6, 6.07) is 3.19. The van der Waals surface area contributed by atoms with Gasteiger partial charge in [-0.05, 0) is 31.4 Å². The van der Waals surface area contributed by atoms with Gasteiger partial charge in [-0.15, -0.1) is 11.3 Å². The van der Waals surface area contributed by atoms with Crippen LogP contribution >= 0.6 is 23.6 Å². The third-order valence-corrected chi connectivity index (χ3v) is 7.01. The van der Waals surface area contributed by atoms with Gasteiger partial charge in [0.15, 0.2) is 0 Å². The van der Waals surface area contributed by atoms with E-state index in [0.717, 1.165) is 30.6 Å². The highest BCUT2D eigenvalue weighted by atomic mass is 32.2. The molecule has 108 valence electrons. The molecule has 0 aromatic carbocycles. The van der Waals surface area contributed by atoms with E-state index in [1.807, 2.05) is 20.8 Å². The van der Waals surface area contributed by atoms with E-state index in [9.17, 15) is 8.42 Å². The van der Waals surface area contributed by atoms with Crippen molar-refractivity contribution in [1.82, 2.24) is 4.72 Å². The van der Waals surface area contributed by atoms with E-state index in [4.69, 9.17) is 18.0 Å². The van der Waals surface area contributed by atoms with Gasteiger partial charge in [0.25, 0.3) is 10.0 Å². The molecule has 0 aliphatic rings. The summed E-state index contributed by atoms with van der Waals surface area (Å²) >= 11 is 5.95. The summed E-state index contributed by atoms with van der Waals surface area (Å²) in [6.45, 7) is 5.97. The molecule has 1 heterocycles. The molecule has 0 unspecified atom stereocenters. The van der Waals surface area contributed by atoms with E-state index >= 15 is 0 Å². The molecule has 4 nitrogen and oxygen atoms in total. The number of nitrogens with one attached hydrogen (secondary N) is 1. The maximum Gasteiger partial charge on any atom is 0.250 e. The molecule has 0 aliphatic heterocycles. The van der Waals surface area contributed by atoms with Crippen LogP contribution in [0.5, 0.6) is 0 Å². The maximum atomic E-state index is 12.4. The Hall–Kier alpha value is -0.500. The van der Waals surface area contributed by atoms with Crippen molar-refractivity contribution in [3.8, 4) is 0 Å². The lowest BCUT2D eigenvalue weighted by molar-refractivity contribution is 0.342. The van der Waals surface area contributed by atoms with Crippen LogP contribution in [-0.4, -0.2) is 18.9 Å². The molecular formula is C12H20N2O2S3. The summed E-state index contributed by atoms with van der Waals surface area (Å²) in [6.07, 6.45) is 2.27. The van der Waals surface area contributed by atoms with E-state index < -0.39 is 10.0 Å². The summed E-state index contributed by atoms with van der Waals surface area (Å²) in [5.74, 6) is 0. The van der Waals surface area contributed by atoms with Crippen molar-refractivity contribution in [2.24, 2.45) is 5.73 Å². The minimum absolute atomic E-state index is 0.221. The molecule has 0 radical (unpaired) electrons.